The van der Waals surface area contributed by atoms with E-state index in [-0.39, 0.29) is 12.5 Å². The lowest BCUT2D eigenvalue weighted by molar-refractivity contribution is -0.136. The van der Waals surface area contributed by atoms with Crippen LogP contribution in [0, 0.1) is 0 Å². The predicted molar refractivity (Wildman–Crippen MR) is 43.0 cm³/mol. The van der Waals surface area contributed by atoms with Gasteiger partial charge in [-0.25, -0.2) is 8.78 Å². The van der Waals surface area contributed by atoms with Crippen molar-refractivity contribution in [2.24, 2.45) is 0 Å². The summed E-state index contributed by atoms with van der Waals surface area (Å²) < 4.78 is 31.0. The molecule has 1 rings (SSSR count). The second-order valence-corrected chi connectivity index (χ2v) is 3.10. The molecule has 1 nitrogen and oxygen atoms in total. The minimum Gasteiger partial charge on any atom is -0.340 e. The number of alkyl halides is 1. The van der Waals surface area contributed by atoms with E-state index in [1.54, 1.807) is 13.8 Å². The molecule has 3 heteroatoms. The summed E-state index contributed by atoms with van der Waals surface area (Å²) in [5.74, 6) is -2.44. The fourth-order valence-electron chi connectivity index (χ4n) is 1.12. The first-order valence-electron chi connectivity index (χ1n) is 3.92. The van der Waals surface area contributed by atoms with Crippen molar-refractivity contribution < 1.29 is 13.5 Å². The molecule has 1 aliphatic carbocycles. The van der Waals surface area contributed by atoms with Crippen LogP contribution < -0.4 is 0 Å². The van der Waals surface area contributed by atoms with Crippen molar-refractivity contribution in [3.63, 3.8) is 0 Å². The van der Waals surface area contributed by atoms with Crippen molar-refractivity contribution in [3.8, 4) is 0 Å². The zero-order chi connectivity index (χ0) is 9.19. The van der Waals surface area contributed by atoms with Crippen LogP contribution in [0.2, 0.25) is 0 Å². The minimum atomic E-state index is -1.95. The monoisotopic (exact) mass is 174 g/mol. The maximum absolute atomic E-state index is 13.5. The van der Waals surface area contributed by atoms with E-state index >= 15 is 0 Å². The SMILES string of the molecule is CC(C)OC1(F)C=CC=C(F)C1. The van der Waals surface area contributed by atoms with Crippen LogP contribution in [0.15, 0.2) is 24.1 Å². The highest BCUT2D eigenvalue weighted by molar-refractivity contribution is 5.19. The normalized spacial score (nSPS) is 29.2. The Labute approximate surface area is 70.7 Å². The molecule has 0 aromatic rings. The van der Waals surface area contributed by atoms with Crippen LogP contribution in [0.25, 0.3) is 0 Å². The molecule has 0 aromatic heterocycles. The van der Waals surface area contributed by atoms with E-state index in [0.29, 0.717) is 0 Å². The molecule has 0 radical (unpaired) electrons. The summed E-state index contributed by atoms with van der Waals surface area (Å²) in [6.07, 6.45) is 3.24. The van der Waals surface area contributed by atoms with Gasteiger partial charge in [0, 0.05) is 0 Å². The molecule has 1 aliphatic rings. The Balaban J connectivity index is 2.63. The number of allylic oxidation sites excluding steroid dienone is 2. The van der Waals surface area contributed by atoms with Gasteiger partial charge in [-0.3, -0.25) is 0 Å². The number of halogens is 2. The van der Waals surface area contributed by atoms with Gasteiger partial charge in [0.25, 0.3) is 0 Å². The van der Waals surface area contributed by atoms with Crippen molar-refractivity contribution in [2.45, 2.75) is 32.2 Å². The lowest BCUT2D eigenvalue weighted by Gasteiger charge is -2.25. The molecular weight excluding hydrogens is 162 g/mol. The van der Waals surface area contributed by atoms with Crippen molar-refractivity contribution in [1.82, 2.24) is 0 Å². The third-order valence-electron chi connectivity index (χ3n) is 1.46. The quantitative estimate of drug-likeness (QED) is 0.625. The highest BCUT2D eigenvalue weighted by atomic mass is 19.2. The predicted octanol–water partition coefficient (Wildman–Crippen LogP) is 2.89. The molecule has 0 heterocycles. The van der Waals surface area contributed by atoms with Crippen LogP contribution in [0.5, 0.6) is 0 Å². The van der Waals surface area contributed by atoms with E-state index in [1.807, 2.05) is 0 Å². The van der Waals surface area contributed by atoms with Gasteiger partial charge in [-0.15, -0.1) is 0 Å². The van der Waals surface area contributed by atoms with Gasteiger partial charge in [0.05, 0.1) is 12.5 Å². The Morgan fingerprint density at radius 1 is 1.58 bits per heavy atom. The Kier molecular flexibility index (Phi) is 2.62. The number of hydrogen-bond acceptors (Lipinski definition) is 1. The molecule has 0 aromatic carbocycles. The number of ether oxygens (including phenoxy) is 1. The van der Waals surface area contributed by atoms with Crippen LogP contribution in [0.3, 0.4) is 0 Å². The van der Waals surface area contributed by atoms with Crippen molar-refractivity contribution >= 4 is 0 Å². The Morgan fingerprint density at radius 2 is 2.25 bits per heavy atom. The van der Waals surface area contributed by atoms with Gasteiger partial charge in [0.15, 0.2) is 0 Å². The van der Waals surface area contributed by atoms with E-state index in [4.69, 9.17) is 4.74 Å². The van der Waals surface area contributed by atoms with Crippen LogP contribution in [-0.4, -0.2) is 12.0 Å². The molecular formula is C9H12F2O. The summed E-state index contributed by atoms with van der Waals surface area (Å²) in [6.45, 7) is 3.43. The second-order valence-electron chi connectivity index (χ2n) is 3.10. The first kappa shape index (κ1) is 9.39. The molecule has 1 unspecified atom stereocenters. The van der Waals surface area contributed by atoms with Crippen LogP contribution in [0.4, 0.5) is 8.78 Å². The molecule has 0 aliphatic heterocycles. The molecule has 0 amide bonds. The summed E-state index contributed by atoms with van der Waals surface area (Å²) in [5, 5.41) is 0. The average Bonchev–Trinajstić information content (AvgIpc) is 1.82. The van der Waals surface area contributed by atoms with Crippen LogP contribution in [0.1, 0.15) is 20.3 Å². The fraction of sp³-hybridized carbons (Fsp3) is 0.556. The van der Waals surface area contributed by atoms with Gasteiger partial charge in [0.1, 0.15) is 5.83 Å². The minimum absolute atomic E-state index is 0.245. The molecule has 0 fully saturated rings. The summed E-state index contributed by atoms with van der Waals surface area (Å²) in [7, 11) is 0. The molecule has 1 atom stereocenters. The lowest BCUT2D eigenvalue weighted by Crippen LogP contribution is -2.29. The first-order chi connectivity index (χ1) is 5.52. The summed E-state index contributed by atoms with van der Waals surface area (Å²) >= 11 is 0. The first-order valence-corrected chi connectivity index (χ1v) is 3.92. The van der Waals surface area contributed by atoms with Gasteiger partial charge in [-0.05, 0) is 26.0 Å². The van der Waals surface area contributed by atoms with E-state index in [2.05, 4.69) is 0 Å². The van der Waals surface area contributed by atoms with Gasteiger partial charge < -0.3 is 4.74 Å². The molecule has 0 saturated carbocycles. The number of hydrogen-bond donors (Lipinski definition) is 0. The van der Waals surface area contributed by atoms with Crippen molar-refractivity contribution in [2.75, 3.05) is 0 Å². The maximum atomic E-state index is 13.5. The van der Waals surface area contributed by atoms with Gasteiger partial charge in [-0.2, -0.15) is 0 Å². The highest BCUT2D eigenvalue weighted by Crippen LogP contribution is 2.29. The van der Waals surface area contributed by atoms with Crippen molar-refractivity contribution in [3.05, 3.63) is 24.1 Å². The maximum Gasteiger partial charge on any atom is 0.235 e. The highest BCUT2D eigenvalue weighted by Gasteiger charge is 2.31. The third-order valence-corrected chi connectivity index (χ3v) is 1.46. The Morgan fingerprint density at radius 3 is 2.75 bits per heavy atom. The second kappa shape index (κ2) is 3.35. The van der Waals surface area contributed by atoms with Gasteiger partial charge >= 0.3 is 0 Å². The summed E-state index contributed by atoms with van der Waals surface area (Å²) in [4.78, 5) is 0. The van der Waals surface area contributed by atoms with Crippen LogP contribution >= 0.6 is 0 Å². The molecule has 0 bridgehead atoms. The fourth-order valence-corrected chi connectivity index (χ4v) is 1.12. The van der Waals surface area contributed by atoms with E-state index in [9.17, 15) is 8.78 Å². The summed E-state index contributed by atoms with van der Waals surface area (Å²) in [5.41, 5.74) is 0. The van der Waals surface area contributed by atoms with E-state index < -0.39 is 11.7 Å². The van der Waals surface area contributed by atoms with Crippen molar-refractivity contribution in [1.29, 1.82) is 0 Å². The molecule has 0 N–H and O–H groups in total. The van der Waals surface area contributed by atoms with E-state index in [1.165, 1.54) is 18.2 Å². The molecule has 0 spiro atoms. The zero-order valence-electron chi connectivity index (χ0n) is 7.18. The van der Waals surface area contributed by atoms with E-state index in [0.717, 1.165) is 0 Å². The third kappa shape index (κ3) is 2.41. The standard InChI is InChI=1S/C9H12F2O/c1-7(2)12-9(11)5-3-4-8(10)6-9/h3-5,7H,6H2,1-2H3. The number of rotatable bonds is 2. The Bertz CT molecular complexity index is 221. The zero-order valence-corrected chi connectivity index (χ0v) is 7.18. The molecule has 0 saturated heterocycles. The lowest BCUT2D eigenvalue weighted by atomic mass is 10.1. The van der Waals surface area contributed by atoms with Gasteiger partial charge in [-0.1, -0.05) is 6.08 Å². The van der Waals surface area contributed by atoms with Crippen LogP contribution in [-0.2, 0) is 4.74 Å². The largest absolute Gasteiger partial charge is 0.340 e. The smallest absolute Gasteiger partial charge is 0.235 e. The molecule has 68 valence electrons. The average molecular weight is 174 g/mol. The summed E-state index contributed by atoms with van der Waals surface area (Å²) in [6, 6.07) is 0. The Hall–Kier alpha value is -0.700. The molecule has 12 heavy (non-hydrogen) atoms. The van der Waals surface area contributed by atoms with Gasteiger partial charge in [0.2, 0.25) is 5.85 Å². The topological polar surface area (TPSA) is 9.23 Å².